The maximum atomic E-state index is 11.6. The van der Waals surface area contributed by atoms with Crippen LogP contribution in [0.1, 0.15) is 35.7 Å². The van der Waals surface area contributed by atoms with Crippen LogP contribution in [0.5, 0.6) is 5.75 Å². The van der Waals surface area contributed by atoms with Crippen molar-refractivity contribution >= 4 is 46.3 Å². The Labute approximate surface area is 167 Å². The monoisotopic (exact) mass is 409 g/mol. The summed E-state index contributed by atoms with van der Waals surface area (Å²) in [5.74, 6) is -0.274. The molecular formula is C20H18Cl3NO2. The van der Waals surface area contributed by atoms with E-state index in [4.69, 9.17) is 34.8 Å². The lowest BCUT2D eigenvalue weighted by Crippen LogP contribution is -2.06. The molecular weight excluding hydrogens is 393 g/mol. The van der Waals surface area contributed by atoms with Crippen LogP contribution in [0.25, 0.3) is 0 Å². The smallest absolute Gasteiger partial charge is 0.163 e. The quantitative estimate of drug-likeness (QED) is 0.348. The minimum Gasteiger partial charge on any atom is -0.507 e. The average molecular weight is 411 g/mol. The van der Waals surface area contributed by atoms with Crippen molar-refractivity contribution in [2.75, 3.05) is 5.32 Å². The van der Waals surface area contributed by atoms with Crippen molar-refractivity contribution in [2.24, 2.45) is 5.92 Å². The number of phenols is 1. The molecule has 0 amide bonds. The first-order chi connectivity index (χ1) is 12.1. The van der Waals surface area contributed by atoms with Crippen LogP contribution < -0.4 is 5.32 Å². The van der Waals surface area contributed by atoms with Gasteiger partial charge in [-0.2, -0.15) is 0 Å². The van der Waals surface area contributed by atoms with E-state index in [2.05, 4.69) is 11.9 Å². The second-order valence-corrected chi connectivity index (χ2v) is 8.43. The van der Waals surface area contributed by atoms with Gasteiger partial charge in [-0.1, -0.05) is 29.8 Å². The lowest BCUT2D eigenvalue weighted by atomic mass is 10.1. The highest BCUT2D eigenvalue weighted by atomic mass is 35.5. The van der Waals surface area contributed by atoms with E-state index < -0.39 is 4.87 Å². The molecule has 6 heteroatoms. The molecule has 1 fully saturated rings. The molecule has 0 radical (unpaired) electrons. The van der Waals surface area contributed by atoms with Crippen molar-refractivity contribution in [3.8, 4) is 5.75 Å². The summed E-state index contributed by atoms with van der Waals surface area (Å²) in [7, 11) is 0. The number of allylic oxidation sites excluding steroid dienone is 1. The Balaban J connectivity index is 1.82. The molecule has 0 heterocycles. The highest BCUT2D eigenvalue weighted by Crippen LogP contribution is 2.64. The second-order valence-electron chi connectivity index (χ2n) is 6.75. The maximum absolute atomic E-state index is 11.6. The van der Waals surface area contributed by atoms with Crippen LogP contribution in [-0.4, -0.2) is 15.8 Å². The molecule has 2 N–H and O–H groups in total. The van der Waals surface area contributed by atoms with E-state index in [1.54, 1.807) is 18.2 Å². The van der Waals surface area contributed by atoms with Crippen LogP contribution >= 0.6 is 34.8 Å². The minimum atomic E-state index is -0.515. The summed E-state index contributed by atoms with van der Waals surface area (Å²) in [5.41, 5.74) is 2.61. The normalized spacial score (nSPS) is 24.2. The summed E-state index contributed by atoms with van der Waals surface area (Å²) in [6.07, 6.45) is 0. The van der Waals surface area contributed by atoms with Gasteiger partial charge in [-0.05, 0) is 55.8 Å². The second kappa shape index (κ2) is 6.80. The average Bonchev–Trinajstić information content (AvgIpc) is 3.10. The zero-order valence-electron chi connectivity index (χ0n) is 14.3. The highest BCUT2D eigenvalue weighted by Gasteiger charge is 2.62. The third-order valence-electron chi connectivity index (χ3n) is 4.74. The standard InChI is InChI=1S/C20H18Cl3NO2/c1-10(24-15-4-5-17(26)16(9-15)11(2)25)18-19(20(18,3)23)12-6-13(21)8-14(22)7-12/h4-9,18-19,24,26H,1H2,2-3H3. The van der Waals surface area contributed by atoms with Gasteiger partial charge in [0.2, 0.25) is 0 Å². The molecule has 0 aliphatic heterocycles. The molecule has 1 aliphatic carbocycles. The predicted octanol–water partition coefficient (Wildman–Crippen LogP) is 6.24. The first kappa shape index (κ1) is 19.1. The lowest BCUT2D eigenvalue weighted by molar-refractivity contribution is 0.101. The van der Waals surface area contributed by atoms with Crippen LogP contribution in [-0.2, 0) is 0 Å². The Bertz CT molecular complexity index is 888. The van der Waals surface area contributed by atoms with Gasteiger partial charge in [0.1, 0.15) is 5.75 Å². The number of Topliss-reactive ketones (excluding diaryl/α,β-unsaturated/α-hetero) is 1. The summed E-state index contributed by atoms with van der Waals surface area (Å²) in [5, 5.41) is 14.1. The van der Waals surface area contributed by atoms with Crippen molar-refractivity contribution in [1.82, 2.24) is 0 Å². The Morgan fingerprint density at radius 1 is 1.19 bits per heavy atom. The summed E-state index contributed by atoms with van der Waals surface area (Å²) < 4.78 is 0. The number of carbonyl (C=O) groups is 1. The first-order valence-corrected chi connectivity index (χ1v) is 9.19. The molecule has 0 saturated heterocycles. The zero-order valence-corrected chi connectivity index (χ0v) is 16.6. The van der Waals surface area contributed by atoms with Crippen LogP contribution in [0.3, 0.4) is 0 Å². The Morgan fingerprint density at radius 2 is 1.81 bits per heavy atom. The topological polar surface area (TPSA) is 49.3 Å². The number of alkyl halides is 1. The number of carbonyl (C=O) groups excluding carboxylic acids is 1. The molecule has 2 aromatic carbocycles. The first-order valence-electron chi connectivity index (χ1n) is 8.06. The molecule has 0 spiro atoms. The van der Waals surface area contributed by atoms with E-state index in [1.165, 1.54) is 13.0 Å². The lowest BCUT2D eigenvalue weighted by Gasteiger charge is -2.12. The molecule has 26 heavy (non-hydrogen) atoms. The molecule has 1 saturated carbocycles. The van der Waals surface area contributed by atoms with Crippen LogP contribution in [0, 0.1) is 5.92 Å². The van der Waals surface area contributed by atoms with E-state index in [0.717, 1.165) is 11.3 Å². The fourth-order valence-corrected chi connectivity index (χ4v) is 4.45. The summed E-state index contributed by atoms with van der Waals surface area (Å²) >= 11 is 18.9. The number of anilines is 1. The molecule has 3 rings (SSSR count). The van der Waals surface area contributed by atoms with Gasteiger partial charge in [0.15, 0.2) is 5.78 Å². The fourth-order valence-electron chi connectivity index (χ4n) is 3.46. The van der Waals surface area contributed by atoms with Gasteiger partial charge in [-0.15, -0.1) is 11.6 Å². The number of phenolic OH excluding ortho intramolecular Hbond substituents is 1. The SMILES string of the molecule is C=C(Nc1ccc(O)c(C(C)=O)c1)C1C(c2cc(Cl)cc(Cl)c2)C1(C)Cl. The van der Waals surface area contributed by atoms with Crippen molar-refractivity contribution < 1.29 is 9.90 Å². The molecule has 3 atom stereocenters. The minimum absolute atomic E-state index is 0.0183. The number of ketones is 1. The van der Waals surface area contributed by atoms with Gasteiger partial charge in [0.05, 0.1) is 10.4 Å². The van der Waals surface area contributed by atoms with E-state index >= 15 is 0 Å². The summed E-state index contributed by atoms with van der Waals surface area (Å²) in [4.78, 5) is 11.1. The number of hydrogen-bond acceptors (Lipinski definition) is 3. The fraction of sp³-hybridized carbons (Fsp3) is 0.250. The Hall–Kier alpha value is -1.68. The summed E-state index contributed by atoms with van der Waals surface area (Å²) in [6.45, 7) is 7.47. The molecule has 1 aliphatic rings. The molecule has 2 aromatic rings. The molecule has 136 valence electrons. The van der Waals surface area contributed by atoms with Gasteiger partial charge in [0, 0.05) is 33.3 Å². The van der Waals surface area contributed by atoms with Gasteiger partial charge < -0.3 is 10.4 Å². The van der Waals surface area contributed by atoms with E-state index in [0.29, 0.717) is 15.7 Å². The van der Waals surface area contributed by atoms with Gasteiger partial charge in [-0.25, -0.2) is 0 Å². The van der Waals surface area contributed by atoms with Crippen LogP contribution in [0.4, 0.5) is 5.69 Å². The molecule has 0 aromatic heterocycles. The number of halogens is 3. The van der Waals surface area contributed by atoms with E-state index in [1.807, 2.05) is 19.1 Å². The van der Waals surface area contributed by atoms with Gasteiger partial charge in [-0.3, -0.25) is 4.79 Å². The van der Waals surface area contributed by atoms with E-state index in [9.17, 15) is 9.90 Å². The number of hydrogen-bond donors (Lipinski definition) is 2. The predicted molar refractivity (Wildman–Crippen MR) is 108 cm³/mol. The number of aromatic hydroxyl groups is 1. The molecule has 3 unspecified atom stereocenters. The third-order valence-corrected chi connectivity index (χ3v) is 5.65. The van der Waals surface area contributed by atoms with E-state index in [-0.39, 0.29) is 28.9 Å². The van der Waals surface area contributed by atoms with Gasteiger partial charge >= 0.3 is 0 Å². The third kappa shape index (κ3) is 3.57. The maximum Gasteiger partial charge on any atom is 0.163 e. The van der Waals surface area contributed by atoms with Crippen molar-refractivity contribution in [2.45, 2.75) is 24.6 Å². The van der Waals surface area contributed by atoms with Crippen LogP contribution in [0.2, 0.25) is 10.0 Å². The van der Waals surface area contributed by atoms with Crippen molar-refractivity contribution in [3.05, 3.63) is 69.8 Å². The molecule has 3 nitrogen and oxygen atoms in total. The van der Waals surface area contributed by atoms with Crippen LogP contribution in [0.15, 0.2) is 48.7 Å². The number of benzene rings is 2. The summed E-state index contributed by atoms with van der Waals surface area (Å²) in [6, 6.07) is 10.2. The number of rotatable bonds is 5. The Kier molecular flexibility index (Phi) is 5.00. The van der Waals surface area contributed by atoms with Crippen molar-refractivity contribution in [1.29, 1.82) is 0 Å². The Morgan fingerprint density at radius 3 is 2.38 bits per heavy atom. The molecule has 0 bridgehead atoms. The van der Waals surface area contributed by atoms with Crippen molar-refractivity contribution in [3.63, 3.8) is 0 Å². The zero-order chi connectivity index (χ0) is 19.2. The largest absolute Gasteiger partial charge is 0.507 e. The number of nitrogens with one attached hydrogen (secondary N) is 1. The van der Waals surface area contributed by atoms with Gasteiger partial charge in [0.25, 0.3) is 0 Å². The highest BCUT2D eigenvalue weighted by molar-refractivity contribution is 6.34.